The molecular weight excluding hydrogens is 398 g/mol. The number of phenols is 2. The molecule has 0 saturated carbocycles. The van der Waals surface area contributed by atoms with Crippen molar-refractivity contribution in [3.8, 4) is 23.0 Å². The summed E-state index contributed by atoms with van der Waals surface area (Å²) < 4.78 is 7.25. The Balaban J connectivity index is 1.77. The summed E-state index contributed by atoms with van der Waals surface area (Å²) in [5, 5.41) is 25.7. The van der Waals surface area contributed by atoms with E-state index < -0.39 is 0 Å². The van der Waals surface area contributed by atoms with Crippen molar-refractivity contribution in [2.24, 2.45) is 10.1 Å². The fourth-order valence-electron chi connectivity index (χ4n) is 2.87. The lowest BCUT2D eigenvalue weighted by atomic mass is 10.0. The molecule has 0 amide bonds. The molecule has 0 unspecified atom stereocenters. The molecule has 2 aromatic carbocycles. The van der Waals surface area contributed by atoms with Crippen LogP contribution in [0.4, 0.5) is 5.69 Å². The smallest absolute Gasteiger partial charge is 0.211 e. The van der Waals surface area contributed by atoms with Crippen molar-refractivity contribution in [2.45, 2.75) is 19.8 Å². The Morgan fingerprint density at radius 2 is 1.83 bits per heavy atom. The fraction of sp³-hybridized carbons (Fsp3) is 0.130. The Hall–Kier alpha value is -3.58. The molecule has 7 heteroatoms. The number of hydrogen-bond acceptors (Lipinski definition) is 6. The van der Waals surface area contributed by atoms with Crippen LogP contribution in [0.2, 0.25) is 0 Å². The van der Waals surface area contributed by atoms with Gasteiger partial charge in [-0.15, -0.1) is 11.3 Å². The fourth-order valence-corrected chi connectivity index (χ4v) is 3.71. The Morgan fingerprint density at radius 1 is 1.03 bits per heavy atom. The highest BCUT2D eigenvalue weighted by Gasteiger charge is 2.10. The van der Waals surface area contributed by atoms with Gasteiger partial charge in [0.25, 0.3) is 0 Å². The van der Waals surface area contributed by atoms with Gasteiger partial charge in [0.05, 0.1) is 18.2 Å². The normalized spacial score (nSPS) is 12.3. The summed E-state index contributed by atoms with van der Waals surface area (Å²) in [4.78, 5) is 5.43. The van der Waals surface area contributed by atoms with E-state index in [4.69, 9.17) is 9.41 Å². The maximum Gasteiger partial charge on any atom is 0.211 e. The van der Waals surface area contributed by atoms with Crippen molar-refractivity contribution in [3.05, 3.63) is 82.2 Å². The van der Waals surface area contributed by atoms with Crippen LogP contribution in [-0.2, 0) is 0 Å². The van der Waals surface area contributed by atoms with Crippen molar-refractivity contribution >= 4 is 23.2 Å². The number of aromatic nitrogens is 1. The first-order valence-electron chi connectivity index (χ1n) is 9.46. The maximum absolute atomic E-state index is 9.72. The molecule has 4 aromatic rings. The van der Waals surface area contributed by atoms with Crippen molar-refractivity contribution in [1.82, 2.24) is 4.68 Å². The molecule has 0 aliphatic rings. The van der Waals surface area contributed by atoms with Crippen LogP contribution in [0.25, 0.3) is 11.5 Å². The number of nitrogens with zero attached hydrogens (tertiary/aromatic N) is 3. The largest absolute Gasteiger partial charge is 0.504 e. The molecule has 4 rings (SSSR count). The van der Waals surface area contributed by atoms with E-state index in [1.807, 2.05) is 29.6 Å². The summed E-state index contributed by atoms with van der Waals surface area (Å²) in [7, 11) is 0. The summed E-state index contributed by atoms with van der Waals surface area (Å²) in [6.45, 7) is 4.32. The highest BCUT2D eigenvalue weighted by Crippen LogP contribution is 2.25. The molecule has 0 bridgehead atoms. The molecule has 2 N–H and O–H groups in total. The van der Waals surface area contributed by atoms with Gasteiger partial charge in [-0.3, -0.25) is 0 Å². The highest BCUT2D eigenvalue weighted by atomic mass is 32.1. The molecule has 6 nitrogen and oxygen atoms in total. The standard InChI is InChI=1S/C23H21N3O3S/c1-15(2)17-6-8-18(9-7-17)25-23-26(19(14-30-23)22-4-3-11-29-22)24-13-16-5-10-20(27)21(28)12-16/h3-15,27-28H,1-2H3. The van der Waals surface area contributed by atoms with Crippen LogP contribution in [0.3, 0.4) is 0 Å². The minimum atomic E-state index is -0.198. The summed E-state index contributed by atoms with van der Waals surface area (Å²) in [5.74, 6) is 0.763. The van der Waals surface area contributed by atoms with Crippen molar-refractivity contribution in [1.29, 1.82) is 0 Å². The Bertz CT molecular complexity index is 1230. The Labute approximate surface area is 177 Å². The molecule has 30 heavy (non-hydrogen) atoms. The lowest BCUT2D eigenvalue weighted by Gasteiger charge is -2.04. The van der Waals surface area contributed by atoms with E-state index in [2.05, 4.69) is 31.1 Å². The molecule has 0 saturated heterocycles. The van der Waals surface area contributed by atoms with Gasteiger partial charge in [-0.2, -0.15) is 5.10 Å². The van der Waals surface area contributed by atoms with Crippen molar-refractivity contribution < 1.29 is 14.6 Å². The van der Waals surface area contributed by atoms with Crippen LogP contribution >= 0.6 is 11.3 Å². The number of thiazole rings is 1. The monoisotopic (exact) mass is 419 g/mol. The van der Waals surface area contributed by atoms with Gasteiger partial charge in [0.2, 0.25) is 4.80 Å². The van der Waals surface area contributed by atoms with Gasteiger partial charge in [0.1, 0.15) is 5.69 Å². The first-order valence-corrected chi connectivity index (χ1v) is 10.3. The lowest BCUT2D eigenvalue weighted by molar-refractivity contribution is 0.403. The summed E-state index contributed by atoms with van der Waals surface area (Å²) in [6.07, 6.45) is 3.21. The van der Waals surface area contributed by atoms with E-state index in [-0.39, 0.29) is 11.5 Å². The second-order valence-electron chi connectivity index (χ2n) is 7.04. The minimum Gasteiger partial charge on any atom is -0.504 e. The van der Waals surface area contributed by atoms with Crippen molar-refractivity contribution in [2.75, 3.05) is 0 Å². The molecule has 0 radical (unpaired) electrons. The molecule has 0 spiro atoms. The third-order valence-corrected chi connectivity index (χ3v) is 5.38. The van der Waals surface area contributed by atoms with Gasteiger partial charge in [-0.25, -0.2) is 9.67 Å². The van der Waals surface area contributed by atoms with Crippen LogP contribution in [0.1, 0.15) is 30.9 Å². The SMILES string of the molecule is CC(C)c1ccc(N=c2scc(-c3ccco3)n2N=Cc2ccc(O)c(O)c2)cc1. The number of rotatable bonds is 5. The average molecular weight is 420 g/mol. The van der Waals surface area contributed by atoms with E-state index in [0.29, 0.717) is 22.0 Å². The third kappa shape index (κ3) is 4.21. The van der Waals surface area contributed by atoms with Crippen LogP contribution in [-0.4, -0.2) is 21.1 Å². The van der Waals surface area contributed by atoms with Crippen LogP contribution in [0, 0.1) is 0 Å². The van der Waals surface area contributed by atoms with E-state index in [1.165, 1.54) is 29.0 Å². The first kappa shape index (κ1) is 19.7. The summed E-state index contributed by atoms with van der Waals surface area (Å²) in [5.41, 5.74) is 3.50. The van der Waals surface area contributed by atoms with E-state index in [9.17, 15) is 10.2 Å². The number of phenolic OH excluding ortho intramolecular Hbond substituents is 2. The number of aromatic hydroxyl groups is 2. The molecule has 0 fully saturated rings. The number of hydrogen-bond donors (Lipinski definition) is 2. The van der Waals surface area contributed by atoms with Gasteiger partial charge in [-0.05, 0) is 59.5 Å². The van der Waals surface area contributed by atoms with Gasteiger partial charge >= 0.3 is 0 Å². The predicted octanol–water partition coefficient (Wildman–Crippen LogP) is 5.46. The summed E-state index contributed by atoms with van der Waals surface area (Å²) in [6, 6.07) is 16.4. The molecule has 2 heterocycles. The lowest BCUT2D eigenvalue weighted by Crippen LogP contribution is -2.11. The van der Waals surface area contributed by atoms with E-state index in [0.717, 1.165) is 11.4 Å². The number of benzene rings is 2. The van der Waals surface area contributed by atoms with Gasteiger partial charge in [0.15, 0.2) is 17.3 Å². The molecular formula is C23H21N3O3S. The second-order valence-corrected chi connectivity index (χ2v) is 7.88. The second kappa shape index (κ2) is 8.42. The molecule has 0 aliphatic carbocycles. The van der Waals surface area contributed by atoms with E-state index in [1.54, 1.807) is 23.2 Å². The van der Waals surface area contributed by atoms with Crippen LogP contribution < -0.4 is 4.80 Å². The average Bonchev–Trinajstić information content (AvgIpc) is 3.39. The third-order valence-electron chi connectivity index (χ3n) is 4.57. The summed E-state index contributed by atoms with van der Waals surface area (Å²) >= 11 is 1.45. The maximum atomic E-state index is 9.72. The van der Waals surface area contributed by atoms with Gasteiger partial charge in [0, 0.05) is 5.38 Å². The highest BCUT2D eigenvalue weighted by molar-refractivity contribution is 7.07. The number of furan rings is 1. The molecule has 152 valence electrons. The molecule has 0 aliphatic heterocycles. The van der Waals surface area contributed by atoms with E-state index >= 15 is 0 Å². The predicted molar refractivity (Wildman–Crippen MR) is 119 cm³/mol. The van der Waals surface area contributed by atoms with Crippen LogP contribution in [0.15, 0.2) is 80.8 Å². The Morgan fingerprint density at radius 3 is 2.50 bits per heavy atom. The topological polar surface area (TPSA) is 83.2 Å². The van der Waals surface area contributed by atoms with Gasteiger partial charge in [-0.1, -0.05) is 26.0 Å². The first-order chi connectivity index (χ1) is 14.5. The zero-order chi connectivity index (χ0) is 21.1. The van der Waals surface area contributed by atoms with Crippen LogP contribution in [0.5, 0.6) is 11.5 Å². The molecule has 0 atom stereocenters. The molecule has 2 aromatic heterocycles. The zero-order valence-electron chi connectivity index (χ0n) is 16.6. The quantitative estimate of drug-likeness (QED) is 0.333. The van der Waals surface area contributed by atoms with Crippen molar-refractivity contribution in [3.63, 3.8) is 0 Å². The minimum absolute atomic E-state index is 0.174. The Kier molecular flexibility index (Phi) is 5.54. The zero-order valence-corrected chi connectivity index (χ0v) is 17.4. The van der Waals surface area contributed by atoms with Gasteiger partial charge < -0.3 is 14.6 Å².